The molecule has 2 rings (SSSR count). The van der Waals surface area contributed by atoms with Gasteiger partial charge in [0.1, 0.15) is 5.01 Å². The highest BCUT2D eigenvalue weighted by atomic mass is 32.1. The predicted octanol–water partition coefficient (Wildman–Crippen LogP) is 1.94. The summed E-state index contributed by atoms with van der Waals surface area (Å²) in [5, 5.41) is 1.22. The first-order valence-electron chi connectivity index (χ1n) is 5.59. The smallest absolute Gasteiger partial charge is 0.110 e. The Morgan fingerprint density at radius 3 is 3.07 bits per heavy atom. The molecule has 1 aromatic rings. The third-order valence-corrected chi connectivity index (χ3v) is 4.12. The summed E-state index contributed by atoms with van der Waals surface area (Å²) >= 11 is 1.80. The third-order valence-electron chi connectivity index (χ3n) is 3.03. The zero-order valence-electron chi connectivity index (χ0n) is 9.44. The third kappa shape index (κ3) is 2.56. The van der Waals surface area contributed by atoms with E-state index in [0.717, 1.165) is 13.1 Å². The minimum atomic E-state index is 0.349. The van der Waals surface area contributed by atoms with E-state index in [1.807, 2.05) is 6.20 Å². The van der Waals surface area contributed by atoms with Crippen molar-refractivity contribution < 1.29 is 0 Å². The Kier molecular flexibility index (Phi) is 3.38. The highest BCUT2D eigenvalue weighted by Gasteiger charge is 2.23. The van der Waals surface area contributed by atoms with Crippen LogP contribution in [0.5, 0.6) is 0 Å². The maximum Gasteiger partial charge on any atom is 0.110 e. The van der Waals surface area contributed by atoms with Gasteiger partial charge in [0, 0.05) is 23.7 Å². The summed E-state index contributed by atoms with van der Waals surface area (Å²) in [6.45, 7) is 6.51. The number of hydrogen-bond donors (Lipinski definition) is 1. The lowest BCUT2D eigenvalue weighted by molar-refractivity contribution is 0.159. The van der Waals surface area contributed by atoms with Gasteiger partial charge in [-0.05, 0) is 33.2 Å². The van der Waals surface area contributed by atoms with Gasteiger partial charge in [-0.3, -0.25) is 4.90 Å². The van der Waals surface area contributed by atoms with E-state index in [4.69, 9.17) is 5.73 Å². The van der Waals surface area contributed by atoms with Crippen LogP contribution in [0, 0.1) is 6.92 Å². The Hall–Kier alpha value is -0.450. The number of aromatic nitrogens is 1. The average molecular weight is 225 g/mol. The lowest BCUT2D eigenvalue weighted by atomic mass is 10.1. The van der Waals surface area contributed by atoms with E-state index in [9.17, 15) is 0 Å². The van der Waals surface area contributed by atoms with Gasteiger partial charge in [-0.2, -0.15) is 0 Å². The number of thiazole rings is 1. The molecule has 0 radical (unpaired) electrons. The van der Waals surface area contributed by atoms with Gasteiger partial charge in [0.15, 0.2) is 0 Å². The van der Waals surface area contributed by atoms with Crippen LogP contribution in [0.25, 0.3) is 0 Å². The number of aryl methyl sites for hydroxylation is 1. The van der Waals surface area contributed by atoms with Gasteiger partial charge in [-0.25, -0.2) is 4.98 Å². The Balaban J connectivity index is 2.03. The maximum atomic E-state index is 5.99. The molecule has 2 heterocycles. The van der Waals surface area contributed by atoms with Crippen LogP contribution in [0.3, 0.4) is 0 Å². The minimum Gasteiger partial charge on any atom is -0.327 e. The zero-order valence-corrected chi connectivity index (χ0v) is 10.3. The first-order chi connectivity index (χ1) is 7.16. The van der Waals surface area contributed by atoms with Crippen molar-refractivity contribution in [3.05, 3.63) is 16.1 Å². The fourth-order valence-corrected chi connectivity index (χ4v) is 2.97. The molecule has 1 aromatic heterocycles. The Labute approximate surface area is 95.3 Å². The van der Waals surface area contributed by atoms with Crippen molar-refractivity contribution in [3.63, 3.8) is 0 Å². The van der Waals surface area contributed by atoms with E-state index in [-0.39, 0.29) is 0 Å². The molecular formula is C11H19N3S. The second kappa shape index (κ2) is 4.60. The van der Waals surface area contributed by atoms with E-state index in [2.05, 4.69) is 23.7 Å². The van der Waals surface area contributed by atoms with Crippen molar-refractivity contribution >= 4 is 11.3 Å². The molecule has 4 heteroatoms. The number of piperidine rings is 1. The highest BCUT2D eigenvalue weighted by Crippen LogP contribution is 2.26. The molecule has 1 saturated heterocycles. The average Bonchev–Trinajstić information content (AvgIpc) is 2.64. The van der Waals surface area contributed by atoms with Crippen LogP contribution in [0.1, 0.15) is 35.7 Å². The molecular weight excluding hydrogens is 206 g/mol. The summed E-state index contributed by atoms with van der Waals surface area (Å²) < 4.78 is 0. The largest absolute Gasteiger partial charge is 0.327 e. The summed E-state index contributed by atoms with van der Waals surface area (Å²) in [5.74, 6) is 0. The Bertz CT molecular complexity index is 323. The minimum absolute atomic E-state index is 0.349. The normalized spacial score (nSPS) is 25.4. The standard InChI is InChI=1S/C11H19N3S/c1-8-6-13-11(15-8)9(2)14-5-3-4-10(12)7-14/h6,9-10H,3-5,7,12H2,1-2H3. The van der Waals surface area contributed by atoms with Crippen LogP contribution in [0.15, 0.2) is 6.20 Å². The summed E-state index contributed by atoms with van der Waals surface area (Å²) in [6.07, 6.45) is 4.34. The summed E-state index contributed by atoms with van der Waals surface area (Å²) in [7, 11) is 0. The van der Waals surface area contributed by atoms with Gasteiger partial charge in [0.05, 0.1) is 6.04 Å². The topological polar surface area (TPSA) is 42.2 Å². The highest BCUT2D eigenvalue weighted by molar-refractivity contribution is 7.11. The second-order valence-corrected chi connectivity index (χ2v) is 5.65. The zero-order chi connectivity index (χ0) is 10.8. The van der Waals surface area contributed by atoms with Gasteiger partial charge in [0.25, 0.3) is 0 Å². The molecule has 0 spiro atoms. The Morgan fingerprint density at radius 2 is 2.47 bits per heavy atom. The first kappa shape index (κ1) is 11.0. The molecule has 3 nitrogen and oxygen atoms in total. The lowest BCUT2D eigenvalue weighted by Crippen LogP contribution is -2.43. The van der Waals surface area contributed by atoms with E-state index >= 15 is 0 Å². The van der Waals surface area contributed by atoms with Crippen molar-refractivity contribution in [2.45, 2.75) is 38.8 Å². The Morgan fingerprint density at radius 1 is 1.67 bits per heavy atom. The number of hydrogen-bond acceptors (Lipinski definition) is 4. The van der Waals surface area contributed by atoms with Gasteiger partial charge in [-0.15, -0.1) is 11.3 Å². The summed E-state index contributed by atoms with van der Waals surface area (Å²) in [5.41, 5.74) is 5.99. The van der Waals surface area contributed by atoms with E-state index in [1.54, 1.807) is 11.3 Å². The second-order valence-electron chi connectivity index (χ2n) is 4.38. The molecule has 0 saturated carbocycles. The van der Waals surface area contributed by atoms with Crippen LogP contribution in [-0.4, -0.2) is 29.0 Å². The van der Waals surface area contributed by atoms with Crippen molar-refractivity contribution in [3.8, 4) is 0 Å². The monoisotopic (exact) mass is 225 g/mol. The number of rotatable bonds is 2. The number of nitrogens with two attached hydrogens (primary N) is 1. The van der Waals surface area contributed by atoms with Crippen LogP contribution in [0.2, 0.25) is 0 Å². The number of nitrogens with zero attached hydrogens (tertiary/aromatic N) is 2. The molecule has 1 fully saturated rings. The summed E-state index contributed by atoms with van der Waals surface area (Å²) in [4.78, 5) is 8.19. The van der Waals surface area contributed by atoms with Gasteiger partial charge in [0.2, 0.25) is 0 Å². The van der Waals surface area contributed by atoms with Crippen molar-refractivity contribution in [2.24, 2.45) is 5.73 Å². The van der Waals surface area contributed by atoms with Gasteiger partial charge in [-0.1, -0.05) is 0 Å². The molecule has 1 aliphatic heterocycles. The van der Waals surface area contributed by atoms with Crippen LogP contribution in [-0.2, 0) is 0 Å². The van der Waals surface area contributed by atoms with E-state index in [1.165, 1.54) is 22.7 Å². The first-order valence-corrected chi connectivity index (χ1v) is 6.40. The van der Waals surface area contributed by atoms with Crippen LogP contribution >= 0.6 is 11.3 Å². The molecule has 15 heavy (non-hydrogen) atoms. The molecule has 2 atom stereocenters. The number of likely N-dealkylation sites (tertiary alicyclic amines) is 1. The van der Waals surface area contributed by atoms with E-state index < -0.39 is 0 Å². The molecule has 2 unspecified atom stereocenters. The molecule has 0 aromatic carbocycles. The quantitative estimate of drug-likeness (QED) is 0.836. The van der Waals surface area contributed by atoms with Crippen molar-refractivity contribution in [1.82, 2.24) is 9.88 Å². The predicted molar refractivity (Wildman–Crippen MR) is 64.0 cm³/mol. The fraction of sp³-hybridized carbons (Fsp3) is 0.727. The molecule has 84 valence electrons. The van der Waals surface area contributed by atoms with Crippen molar-refractivity contribution in [2.75, 3.05) is 13.1 Å². The van der Waals surface area contributed by atoms with Crippen LogP contribution in [0.4, 0.5) is 0 Å². The molecule has 2 N–H and O–H groups in total. The fourth-order valence-electron chi connectivity index (χ4n) is 2.11. The maximum absolute atomic E-state index is 5.99. The SMILES string of the molecule is Cc1cnc(C(C)N2CCCC(N)C2)s1. The van der Waals surface area contributed by atoms with Gasteiger partial charge < -0.3 is 5.73 Å². The lowest BCUT2D eigenvalue weighted by Gasteiger charge is -2.34. The van der Waals surface area contributed by atoms with E-state index in [0.29, 0.717) is 12.1 Å². The van der Waals surface area contributed by atoms with Crippen LogP contribution < -0.4 is 5.73 Å². The molecule has 0 bridgehead atoms. The molecule has 0 amide bonds. The van der Waals surface area contributed by atoms with Crippen molar-refractivity contribution in [1.29, 1.82) is 0 Å². The molecule has 0 aliphatic carbocycles. The molecule has 1 aliphatic rings. The van der Waals surface area contributed by atoms with Gasteiger partial charge >= 0.3 is 0 Å². The summed E-state index contributed by atoms with van der Waals surface area (Å²) in [6, 6.07) is 0.775.